The lowest BCUT2D eigenvalue weighted by molar-refractivity contribution is -0.893. The van der Waals surface area contributed by atoms with E-state index in [0.29, 0.717) is 17.1 Å². The molecule has 6 nitrogen and oxygen atoms in total. The molecule has 1 amide bonds. The number of hydrogen-bond acceptors (Lipinski definition) is 4. The van der Waals surface area contributed by atoms with E-state index in [-0.39, 0.29) is 28.9 Å². The molecular weight excluding hydrogens is 448 g/mol. The number of furan rings is 1. The molecule has 1 aromatic heterocycles. The first kappa shape index (κ1) is 24.0. The maximum Gasteiger partial charge on any atom is 0.286 e. The van der Waals surface area contributed by atoms with Crippen LogP contribution in [0.4, 0.5) is 0 Å². The van der Waals surface area contributed by atoms with Crippen molar-refractivity contribution in [2.45, 2.75) is 24.5 Å². The lowest BCUT2D eigenvalue weighted by atomic mass is 10.2. The molecule has 0 aliphatic carbocycles. The Labute approximate surface area is 194 Å². The second-order valence-corrected chi connectivity index (χ2v) is 10.4. The molecule has 0 saturated carbocycles. The molecule has 0 bridgehead atoms. The molecule has 0 fully saturated rings. The van der Waals surface area contributed by atoms with Gasteiger partial charge in [0.2, 0.25) is 0 Å². The van der Waals surface area contributed by atoms with Crippen LogP contribution in [0.2, 0.25) is 5.02 Å². The zero-order valence-corrected chi connectivity index (χ0v) is 19.6. The largest absolute Gasteiger partial charge is 0.455 e. The average Bonchev–Trinajstić information content (AvgIpc) is 3.19. The molecule has 0 aliphatic heterocycles. The highest BCUT2D eigenvalue weighted by Crippen LogP contribution is 2.17. The fraction of sp³-hybridized carbons (Fsp3) is 0.292. The van der Waals surface area contributed by atoms with E-state index in [1.807, 2.05) is 18.2 Å². The Morgan fingerprint density at radius 1 is 1.00 bits per heavy atom. The quantitative estimate of drug-likeness (QED) is 0.418. The number of hydrogen-bond donors (Lipinski definition) is 2. The Hall–Kier alpha value is -2.61. The van der Waals surface area contributed by atoms with E-state index >= 15 is 0 Å². The van der Waals surface area contributed by atoms with Crippen LogP contribution in [0.3, 0.4) is 0 Å². The lowest BCUT2D eigenvalue weighted by Crippen LogP contribution is -3.07. The predicted octanol–water partition coefficient (Wildman–Crippen LogP) is 2.88. The van der Waals surface area contributed by atoms with E-state index in [1.54, 1.807) is 24.3 Å². The summed E-state index contributed by atoms with van der Waals surface area (Å²) >= 11 is 5.92. The Morgan fingerprint density at radius 3 is 2.50 bits per heavy atom. The third kappa shape index (κ3) is 7.82. The number of quaternary nitrogens is 1. The number of carbonyl (C=O) groups is 1. The summed E-state index contributed by atoms with van der Waals surface area (Å²) < 4.78 is 30.4. The summed E-state index contributed by atoms with van der Waals surface area (Å²) in [4.78, 5) is 13.7. The Balaban J connectivity index is 1.43. The Morgan fingerprint density at radius 2 is 1.75 bits per heavy atom. The molecule has 1 atom stereocenters. The summed E-state index contributed by atoms with van der Waals surface area (Å²) in [5.74, 6) is -0.411. The molecular formula is C24H28ClN2O4S+. The third-order valence-corrected chi connectivity index (χ3v) is 6.67. The van der Waals surface area contributed by atoms with Crippen molar-refractivity contribution in [2.24, 2.45) is 0 Å². The van der Waals surface area contributed by atoms with Gasteiger partial charge in [0.15, 0.2) is 15.6 Å². The van der Waals surface area contributed by atoms with Crippen molar-refractivity contribution in [3.63, 3.8) is 0 Å². The molecule has 170 valence electrons. The van der Waals surface area contributed by atoms with Gasteiger partial charge >= 0.3 is 0 Å². The zero-order chi connectivity index (χ0) is 23.0. The molecule has 3 rings (SSSR count). The molecule has 0 spiro atoms. The highest BCUT2D eigenvalue weighted by Gasteiger charge is 2.18. The van der Waals surface area contributed by atoms with Gasteiger partial charge in [-0.1, -0.05) is 54.1 Å². The van der Waals surface area contributed by atoms with Crippen LogP contribution in [-0.2, 0) is 27.9 Å². The van der Waals surface area contributed by atoms with Crippen LogP contribution < -0.4 is 10.2 Å². The predicted molar refractivity (Wildman–Crippen MR) is 125 cm³/mol. The van der Waals surface area contributed by atoms with Crippen molar-refractivity contribution in [1.82, 2.24) is 5.32 Å². The van der Waals surface area contributed by atoms with E-state index < -0.39 is 9.84 Å². The first-order valence-electron chi connectivity index (χ1n) is 10.5. The highest BCUT2D eigenvalue weighted by atomic mass is 35.5. The lowest BCUT2D eigenvalue weighted by Gasteiger charge is -2.14. The average molecular weight is 476 g/mol. The van der Waals surface area contributed by atoms with E-state index in [1.165, 1.54) is 22.6 Å². The molecule has 1 heterocycles. The zero-order valence-electron chi connectivity index (χ0n) is 18.0. The molecule has 2 N–H and O–H groups in total. The summed E-state index contributed by atoms with van der Waals surface area (Å²) in [6, 6.07) is 20.1. The Bertz CT molecular complexity index is 1130. The molecule has 3 aromatic rings. The van der Waals surface area contributed by atoms with E-state index in [0.717, 1.165) is 19.5 Å². The first-order valence-corrected chi connectivity index (χ1v) is 12.7. The molecule has 0 radical (unpaired) electrons. The van der Waals surface area contributed by atoms with Crippen LogP contribution in [-0.4, -0.2) is 34.5 Å². The molecule has 32 heavy (non-hydrogen) atoms. The third-order valence-electron chi connectivity index (χ3n) is 4.94. The van der Waals surface area contributed by atoms with Gasteiger partial charge in [-0.2, -0.15) is 0 Å². The minimum Gasteiger partial charge on any atom is -0.455 e. The fourth-order valence-corrected chi connectivity index (χ4v) is 5.03. The van der Waals surface area contributed by atoms with Gasteiger partial charge in [0.05, 0.1) is 19.3 Å². The van der Waals surface area contributed by atoms with Crippen LogP contribution in [0, 0.1) is 0 Å². The van der Waals surface area contributed by atoms with Crippen molar-refractivity contribution < 1.29 is 22.5 Å². The molecule has 0 aliphatic rings. The van der Waals surface area contributed by atoms with E-state index in [2.05, 4.69) is 24.5 Å². The van der Waals surface area contributed by atoms with Crippen molar-refractivity contribution in [3.05, 3.63) is 94.4 Å². The number of halogens is 1. The number of rotatable bonds is 11. The molecule has 2 aromatic carbocycles. The number of amides is 1. The second kappa shape index (κ2) is 11.3. The van der Waals surface area contributed by atoms with Gasteiger partial charge in [0, 0.05) is 23.6 Å². The van der Waals surface area contributed by atoms with Crippen LogP contribution >= 0.6 is 11.6 Å². The smallest absolute Gasteiger partial charge is 0.286 e. The van der Waals surface area contributed by atoms with Gasteiger partial charge in [0.1, 0.15) is 18.1 Å². The van der Waals surface area contributed by atoms with Gasteiger partial charge in [0.25, 0.3) is 5.91 Å². The van der Waals surface area contributed by atoms with Crippen LogP contribution in [0.25, 0.3) is 0 Å². The summed E-state index contributed by atoms with van der Waals surface area (Å²) in [5, 5.41) is 3.32. The monoisotopic (exact) mass is 475 g/mol. The highest BCUT2D eigenvalue weighted by molar-refractivity contribution is 7.89. The second-order valence-electron chi connectivity index (χ2n) is 7.91. The Kier molecular flexibility index (Phi) is 8.50. The number of carbonyl (C=O) groups excluding carboxylic acids is 1. The molecule has 1 unspecified atom stereocenters. The maximum atomic E-state index is 12.5. The van der Waals surface area contributed by atoms with Crippen LogP contribution in [0.5, 0.6) is 0 Å². The van der Waals surface area contributed by atoms with E-state index in [9.17, 15) is 13.2 Å². The van der Waals surface area contributed by atoms with Crippen LogP contribution in [0.1, 0.15) is 33.9 Å². The minimum atomic E-state index is -3.46. The topological polar surface area (TPSA) is 80.8 Å². The summed E-state index contributed by atoms with van der Waals surface area (Å²) in [7, 11) is -1.34. The molecule has 8 heteroatoms. The van der Waals surface area contributed by atoms with Gasteiger partial charge in [-0.05, 0) is 29.8 Å². The summed E-state index contributed by atoms with van der Waals surface area (Å²) in [5.41, 5.74) is 1.89. The van der Waals surface area contributed by atoms with Crippen molar-refractivity contribution in [3.8, 4) is 0 Å². The SMILES string of the molecule is C[NH+](CCCNC(=O)c1ccc(CS(=O)(=O)Cc2cccc(Cl)c2)o1)Cc1ccccc1. The van der Waals surface area contributed by atoms with Gasteiger partial charge in [-0.25, -0.2) is 8.42 Å². The van der Waals surface area contributed by atoms with Gasteiger partial charge < -0.3 is 14.6 Å². The molecule has 0 saturated heterocycles. The van der Waals surface area contributed by atoms with Crippen molar-refractivity contribution >= 4 is 27.3 Å². The number of sulfone groups is 1. The van der Waals surface area contributed by atoms with Crippen molar-refractivity contribution in [2.75, 3.05) is 20.1 Å². The number of benzene rings is 2. The standard InChI is InChI=1S/C24H27ClN2O4S/c1-27(16-19-7-3-2-4-8-19)14-6-13-26-24(28)23-12-11-22(31-23)18-32(29,30)17-20-9-5-10-21(25)15-20/h2-5,7-12,15H,6,13-14,16-18H2,1H3,(H,26,28)/p+1. The van der Waals surface area contributed by atoms with E-state index in [4.69, 9.17) is 16.0 Å². The summed E-state index contributed by atoms with van der Waals surface area (Å²) in [6.07, 6.45) is 0.825. The number of nitrogens with one attached hydrogen (secondary N) is 2. The van der Waals surface area contributed by atoms with Crippen LogP contribution in [0.15, 0.2) is 71.1 Å². The normalized spacial score (nSPS) is 12.4. The maximum absolute atomic E-state index is 12.5. The van der Waals surface area contributed by atoms with Gasteiger partial charge in [-0.15, -0.1) is 0 Å². The van der Waals surface area contributed by atoms with Gasteiger partial charge in [-0.3, -0.25) is 4.79 Å². The van der Waals surface area contributed by atoms with Crippen molar-refractivity contribution in [1.29, 1.82) is 0 Å². The summed E-state index contributed by atoms with van der Waals surface area (Å²) in [6.45, 7) is 2.37. The minimum absolute atomic E-state index is 0.114. The fourth-order valence-electron chi connectivity index (χ4n) is 3.44. The first-order chi connectivity index (χ1) is 15.3.